The van der Waals surface area contributed by atoms with Crippen LogP contribution in [-0.2, 0) is 25.4 Å². The maximum atomic E-state index is 13.1. The van der Waals surface area contributed by atoms with Crippen LogP contribution in [0.2, 0.25) is 0 Å². The second kappa shape index (κ2) is 9.25. The number of nitrogen functional groups attached to an aromatic ring is 1. The van der Waals surface area contributed by atoms with Gasteiger partial charge in [0.05, 0.1) is 28.7 Å². The average molecular weight is 540 g/mol. The summed E-state index contributed by atoms with van der Waals surface area (Å²) in [5.74, 6) is 0.491. The van der Waals surface area contributed by atoms with Crippen molar-refractivity contribution in [3.8, 4) is 0 Å². The van der Waals surface area contributed by atoms with Crippen LogP contribution in [0.5, 0.6) is 0 Å². The first-order chi connectivity index (χ1) is 19.0. The number of hydrogen-bond acceptors (Lipinski definition) is 8. The van der Waals surface area contributed by atoms with Gasteiger partial charge >= 0.3 is 5.97 Å². The van der Waals surface area contributed by atoms with Gasteiger partial charge in [-0.3, -0.25) is 4.79 Å². The first-order valence-corrected chi connectivity index (χ1v) is 13.4. The van der Waals surface area contributed by atoms with Crippen LogP contribution in [0.15, 0.2) is 60.6 Å². The van der Waals surface area contributed by atoms with Crippen LogP contribution >= 0.6 is 0 Å². The largest absolute Gasteiger partial charge is 0.428 e. The first-order valence-electron chi connectivity index (χ1n) is 13.4. The summed E-state index contributed by atoms with van der Waals surface area (Å²) in [5, 5.41) is 5.43. The summed E-state index contributed by atoms with van der Waals surface area (Å²) in [6.07, 6.45) is 1.04. The minimum absolute atomic E-state index is 0.154. The molecule has 0 amide bonds. The molecule has 40 heavy (non-hydrogen) atoms. The number of fused-ring (bicyclic) bond motifs is 2. The molecule has 9 nitrogen and oxygen atoms in total. The number of hydrogen-bond donors (Lipinski definition) is 1. The third-order valence-corrected chi connectivity index (χ3v) is 8.23. The second-order valence-corrected chi connectivity index (χ2v) is 11.4. The maximum Gasteiger partial charge on any atom is 0.315 e. The molecule has 1 unspecified atom stereocenters. The molecule has 2 aliphatic heterocycles. The SMILES string of the molecule is Cc1nn(C(C)C2=C(c3cccc(C4OC(C)(C)C(C)(C)O4)c3)c3ccccc3CC(=O)O2)c2ncnc(N)c12. The van der Waals surface area contributed by atoms with Gasteiger partial charge in [-0.25, -0.2) is 14.6 Å². The number of ether oxygens (including phenoxy) is 3. The lowest BCUT2D eigenvalue weighted by Crippen LogP contribution is -2.41. The number of rotatable bonds is 4. The molecule has 4 aromatic rings. The maximum absolute atomic E-state index is 13.1. The molecular formula is C31H33N5O4. The zero-order valence-electron chi connectivity index (χ0n) is 23.6. The van der Waals surface area contributed by atoms with Crippen molar-refractivity contribution in [3.05, 3.63) is 88.6 Å². The van der Waals surface area contributed by atoms with Crippen LogP contribution in [0.25, 0.3) is 16.6 Å². The van der Waals surface area contributed by atoms with Crippen molar-refractivity contribution in [2.45, 2.75) is 71.5 Å². The van der Waals surface area contributed by atoms with E-state index in [1.54, 1.807) is 4.68 Å². The van der Waals surface area contributed by atoms with Gasteiger partial charge in [-0.15, -0.1) is 0 Å². The molecule has 0 aliphatic carbocycles. The van der Waals surface area contributed by atoms with Crippen LogP contribution in [0.1, 0.15) is 74.9 Å². The third-order valence-electron chi connectivity index (χ3n) is 8.23. The second-order valence-electron chi connectivity index (χ2n) is 11.4. The normalized spacial score (nSPS) is 19.4. The Labute approximate surface area is 233 Å². The van der Waals surface area contributed by atoms with Crippen molar-refractivity contribution in [1.82, 2.24) is 19.7 Å². The van der Waals surface area contributed by atoms with Crippen molar-refractivity contribution in [3.63, 3.8) is 0 Å². The van der Waals surface area contributed by atoms with Crippen LogP contribution in [0.4, 0.5) is 5.82 Å². The Morgan fingerprint density at radius 2 is 1.75 bits per heavy atom. The Bertz CT molecular complexity index is 1670. The van der Waals surface area contributed by atoms with Gasteiger partial charge in [-0.2, -0.15) is 5.10 Å². The Balaban J connectivity index is 1.55. The van der Waals surface area contributed by atoms with Gasteiger partial charge in [0.25, 0.3) is 0 Å². The van der Waals surface area contributed by atoms with Crippen molar-refractivity contribution in [1.29, 1.82) is 0 Å². The zero-order chi connectivity index (χ0) is 28.4. The number of aromatic nitrogens is 4. The Morgan fingerprint density at radius 3 is 2.50 bits per heavy atom. The molecular weight excluding hydrogens is 506 g/mol. The first kappa shape index (κ1) is 26.2. The molecule has 0 spiro atoms. The monoisotopic (exact) mass is 539 g/mol. The predicted octanol–water partition coefficient (Wildman–Crippen LogP) is 5.44. The molecule has 2 aliphatic rings. The number of aryl methyl sites for hydroxylation is 1. The van der Waals surface area contributed by atoms with E-state index in [4.69, 9.17) is 25.0 Å². The van der Waals surface area contributed by atoms with E-state index in [1.807, 2.05) is 90.1 Å². The molecule has 2 aromatic heterocycles. The van der Waals surface area contributed by atoms with E-state index in [9.17, 15) is 4.79 Å². The van der Waals surface area contributed by atoms with Crippen molar-refractivity contribution < 1.29 is 19.0 Å². The topological polar surface area (TPSA) is 114 Å². The molecule has 6 rings (SSSR count). The van der Waals surface area contributed by atoms with Crippen molar-refractivity contribution >= 4 is 28.4 Å². The lowest BCUT2D eigenvalue weighted by Gasteiger charge is -2.30. The number of carbonyl (C=O) groups is 1. The summed E-state index contributed by atoms with van der Waals surface area (Å²) >= 11 is 0. The lowest BCUT2D eigenvalue weighted by molar-refractivity contribution is -0.139. The zero-order valence-corrected chi connectivity index (χ0v) is 23.6. The molecule has 1 fully saturated rings. The fourth-order valence-electron chi connectivity index (χ4n) is 5.38. The molecule has 206 valence electrons. The number of nitrogens with zero attached hydrogens (tertiary/aromatic N) is 4. The van der Waals surface area contributed by atoms with Gasteiger partial charge in [0.15, 0.2) is 11.9 Å². The van der Waals surface area contributed by atoms with Crippen molar-refractivity contribution in [2.24, 2.45) is 0 Å². The smallest absolute Gasteiger partial charge is 0.315 e. The van der Waals surface area contributed by atoms with E-state index in [0.717, 1.165) is 27.8 Å². The standard InChI is InChI=1S/C31H33N5O4/c1-17-24-27(32)33-16-34-28(24)36(35-17)18(2)26-25(22-13-8-7-10-19(22)15-23(37)38-26)20-11-9-12-21(14-20)29-39-30(3,4)31(5,6)40-29/h7-14,16,18,29H,15H2,1-6H3,(H2,32,33,34). The number of carbonyl (C=O) groups excluding carboxylic acids is 1. The highest BCUT2D eigenvalue weighted by molar-refractivity contribution is 5.91. The van der Waals surface area contributed by atoms with Gasteiger partial charge in [-0.1, -0.05) is 42.5 Å². The summed E-state index contributed by atoms with van der Waals surface area (Å²) in [6.45, 7) is 11.9. The summed E-state index contributed by atoms with van der Waals surface area (Å²) in [5.41, 5.74) is 10.9. The number of benzene rings is 2. The highest BCUT2D eigenvalue weighted by Crippen LogP contribution is 2.46. The molecule has 1 atom stereocenters. The van der Waals surface area contributed by atoms with E-state index in [1.165, 1.54) is 6.33 Å². The summed E-state index contributed by atoms with van der Waals surface area (Å²) in [7, 11) is 0. The predicted molar refractivity (Wildman–Crippen MR) is 151 cm³/mol. The Hall–Kier alpha value is -4.08. The number of esters is 1. The van der Waals surface area contributed by atoms with Gasteiger partial charge < -0.3 is 19.9 Å². The number of cyclic esters (lactones) is 1. The molecule has 2 N–H and O–H groups in total. The van der Waals surface area contributed by atoms with E-state index < -0.39 is 23.5 Å². The molecule has 1 saturated heterocycles. The highest BCUT2D eigenvalue weighted by Gasteiger charge is 2.49. The highest BCUT2D eigenvalue weighted by atomic mass is 16.7. The molecule has 0 bridgehead atoms. The lowest BCUT2D eigenvalue weighted by atomic mass is 9.90. The summed E-state index contributed by atoms with van der Waals surface area (Å²) in [4.78, 5) is 21.7. The van der Waals surface area contributed by atoms with Crippen LogP contribution < -0.4 is 5.73 Å². The molecule has 9 heteroatoms. The molecule has 0 saturated carbocycles. The van der Waals surface area contributed by atoms with Gasteiger partial charge in [-0.05, 0) is 64.3 Å². The molecule has 0 radical (unpaired) electrons. The summed E-state index contributed by atoms with van der Waals surface area (Å²) in [6, 6.07) is 15.4. The third kappa shape index (κ3) is 4.17. The molecule has 4 heterocycles. The van der Waals surface area contributed by atoms with Gasteiger partial charge in [0.2, 0.25) is 0 Å². The van der Waals surface area contributed by atoms with Crippen molar-refractivity contribution in [2.75, 3.05) is 5.73 Å². The minimum atomic E-state index is -0.535. The van der Waals surface area contributed by atoms with Gasteiger partial charge in [0, 0.05) is 11.1 Å². The van der Waals surface area contributed by atoms with E-state index in [2.05, 4.69) is 9.97 Å². The number of anilines is 1. The van der Waals surface area contributed by atoms with Crippen LogP contribution in [-0.4, -0.2) is 36.9 Å². The Morgan fingerprint density at radius 1 is 1.02 bits per heavy atom. The van der Waals surface area contributed by atoms with E-state index in [-0.39, 0.29) is 12.4 Å². The van der Waals surface area contributed by atoms with Gasteiger partial charge in [0.1, 0.15) is 23.9 Å². The average Bonchev–Trinajstić information content (AvgIpc) is 3.29. The fourth-order valence-corrected chi connectivity index (χ4v) is 5.38. The Kier molecular flexibility index (Phi) is 6.05. The summed E-state index contributed by atoms with van der Waals surface area (Å²) < 4.78 is 20.6. The quantitative estimate of drug-likeness (QED) is 0.341. The van der Waals surface area contributed by atoms with E-state index in [0.29, 0.717) is 28.3 Å². The van der Waals surface area contributed by atoms with Crippen LogP contribution in [0.3, 0.4) is 0 Å². The fraction of sp³-hybridized carbons (Fsp3) is 0.355. The number of allylic oxidation sites excluding steroid dienone is 1. The van der Waals surface area contributed by atoms with E-state index >= 15 is 0 Å². The van der Waals surface area contributed by atoms with Crippen LogP contribution in [0, 0.1) is 6.92 Å². The minimum Gasteiger partial charge on any atom is -0.428 e. The molecule has 2 aromatic carbocycles. The number of nitrogens with two attached hydrogens (primary N) is 1.